The number of hydrogen-bond acceptors (Lipinski definition) is 3. The third-order valence-corrected chi connectivity index (χ3v) is 3.68. The summed E-state index contributed by atoms with van der Waals surface area (Å²) >= 11 is 0. The van der Waals surface area contributed by atoms with E-state index >= 15 is 0 Å². The minimum absolute atomic E-state index is 0.651. The Morgan fingerprint density at radius 2 is 2.32 bits per heavy atom. The van der Waals surface area contributed by atoms with Crippen LogP contribution in [0.1, 0.15) is 30.9 Å². The summed E-state index contributed by atoms with van der Waals surface area (Å²) in [5, 5.41) is 7.07. The molecule has 1 fully saturated rings. The molecular formula is C16H26N2O. The van der Waals surface area contributed by atoms with Crippen molar-refractivity contribution in [3.05, 3.63) is 29.3 Å². The number of piperidine rings is 1. The molecule has 1 atom stereocenters. The zero-order chi connectivity index (χ0) is 13.5. The van der Waals surface area contributed by atoms with Crippen LogP contribution in [0.2, 0.25) is 0 Å². The van der Waals surface area contributed by atoms with E-state index in [4.69, 9.17) is 4.74 Å². The number of hydrogen-bond donors (Lipinski definition) is 2. The standard InChI is InChI=1S/C16H26N2O/c1-3-19-16-7-6-14(11-13(16)2)8-10-18-15-5-4-9-17-12-15/h6-7,11,15,17-18H,3-5,8-10,12H2,1-2H3. The fourth-order valence-corrected chi connectivity index (χ4v) is 2.63. The summed E-state index contributed by atoms with van der Waals surface area (Å²) in [6, 6.07) is 7.17. The summed E-state index contributed by atoms with van der Waals surface area (Å²) in [5.74, 6) is 1.01. The smallest absolute Gasteiger partial charge is 0.122 e. The molecule has 0 spiro atoms. The highest BCUT2D eigenvalue weighted by Crippen LogP contribution is 2.19. The highest BCUT2D eigenvalue weighted by molar-refractivity contribution is 5.36. The molecule has 1 unspecified atom stereocenters. The third-order valence-electron chi connectivity index (χ3n) is 3.68. The number of ether oxygens (including phenoxy) is 1. The topological polar surface area (TPSA) is 33.3 Å². The second kappa shape index (κ2) is 7.51. The van der Waals surface area contributed by atoms with Gasteiger partial charge in [0.2, 0.25) is 0 Å². The van der Waals surface area contributed by atoms with Crippen molar-refractivity contribution in [3.63, 3.8) is 0 Å². The van der Waals surface area contributed by atoms with Gasteiger partial charge in [-0.1, -0.05) is 12.1 Å². The number of aryl methyl sites for hydroxylation is 1. The highest BCUT2D eigenvalue weighted by Gasteiger charge is 2.11. The van der Waals surface area contributed by atoms with Crippen LogP contribution in [0.4, 0.5) is 0 Å². The maximum Gasteiger partial charge on any atom is 0.122 e. The number of benzene rings is 1. The van der Waals surface area contributed by atoms with Crippen LogP contribution < -0.4 is 15.4 Å². The summed E-state index contributed by atoms with van der Waals surface area (Å²) in [7, 11) is 0. The van der Waals surface area contributed by atoms with Gasteiger partial charge in [-0.3, -0.25) is 0 Å². The fourth-order valence-electron chi connectivity index (χ4n) is 2.63. The van der Waals surface area contributed by atoms with Crippen LogP contribution in [-0.4, -0.2) is 32.3 Å². The Hall–Kier alpha value is -1.06. The average molecular weight is 262 g/mol. The second-order valence-corrected chi connectivity index (χ2v) is 5.28. The third kappa shape index (κ3) is 4.51. The number of nitrogens with one attached hydrogen (secondary N) is 2. The minimum atomic E-state index is 0.651. The molecule has 1 aliphatic heterocycles. The summed E-state index contributed by atoms with van der Waals surface area (Å²) < 4.78 is 5.57. The van der Waals surface area contributed by atoms with E-state index in [2.05, 4.69) is 35.8 Å². The van der Waals surface area contributed by atoms with E-state index in [0.29, 0.717) is 6.04 Å². The number of rotatable bonds is 6. The lowest BCUT2D eigenvalue weighted by molar-refractivity contribution is 0.337. The van der Waals surface area contributed by atoms with Crippen molar-refractivity contribution >= 4 is 0 Å². The van der Waals surface area contributed by atoms with Crippen molar-refractivity contribution in [2.75, 3.05) is 26.2 Å². The zero-order valence-corrected chi connectivity index (χ0v) is 12.2. The lowest BCUT2D eigenvalue weighted by Gasteiger charge is -2.23. The van der Waals surface area contributed by atoms with E-state index < -0.39 is 0 Å². The van der Waals surface area contributed by atoms with Gasteiger partial charge in [0.25, 0.3) is 0 Å². The molecule has 0 saturated carbocycles. The highest BCUT2D eigenvalue weighted by atomic mass is 16.5. The van der Waals surface area contributed by atoms with Crippen LogP contribution in [0.3, 0.4) is 0 Å². The normalized spacial score (nSPS) is 19.4. The molecule has 3 heteroatoms. The average Bonchev–Trinajstić information content (AvgIpc) is 2.43. The van der Waals surface area contributed by atoms with Gasteiger partial charge in [0, 0.05) is 12.6 Å². The van der Waals surface area contributed by atoms with Crippen molar-refractivity contribution in [3.8, 4) is 5.75 Å². The Balaban J connectivity index is 1.77. The fraction of sp³-hybridized carbons (Fsp3) is 0.625. The molecule has 1 aliphatic rings. The molecule has 1 aromatic carbocycles. The summed E-state index contributed by atoms with van der Waals surface area (Å²) in [4.78, 5) is 0. The summed E-state index contributed by atoms with van der Waals surface area (Å²) in [6.45, 7) is 8.22. The van der Waals surface area contributed by atoms with E-state index in [1.165, 1.54) is 30.5 Å². The SMILES string of the molecule is CCOc1ccc(CCNC2CCCNC2)cc1C. The van der Waals surface area contributed by atoms with E-state index in [9.17, 15) is 0 Å². The Morgan fingerprint density at radius 3 is 3.00 bits per heavy atom. The predicted octanol–water partition coefficient (Wildman–Crippen LogP) is 2.28. The Labute approximate surface area is 116 Å². The lowest BCUT2D eigenvalue weighted by Crippen LogP contribution is -2.43. The minimum Gasteiger partial charge on any atom is -0.494 e. The molecule has 3 nitrogen and oxygen atoms in total. The quantitative estimate of drug-likeness (QED) is 0.825. The van der Waals surface area contributed by atoms with Gasteiger partial charge in [0.05, 0.1) is 6.61 Å². The molecule has 0 amide bonds. The monoisotopic (exact) mass is 262 g/mol. The largest absolute Gasteiger partial charge is 0.494 e. The van der Waals surface area contributed by atoms with Crippen LogP contribution in [0.15, 0.2) is 18.2 Å². The molecule has 2 N–H and O–H groups in total. The van der Waals surface area contributed by atoms with Gasteiger partial charge in [-0.2, -0.15) is 0 Å². The van der Waals surface area contributed by atoms with E-state index in [-0.39, 0.29) is 0 Å². The molecule has 2 rings (SSSR count). The zero-order valence-electron chi connectivity index (χ0n) is 12.2. The molecule has 19 heavy (non-hydrogen) atoms. The van der Waals surface area contributed by atoms with Gasteiger partial charge in [-0.05, 0) is 63.4 Å². The van der Waals surface area contributed by atoms with Crippen molar-refractivity contribution < 1.29 is 4.74 Å². The Bertz CT molecular complexity index is 386. The van der Waals surface area contributed by atoms with Crippen LogP contribution >= 0.6 is 0 Å². The first kappa shape index (κ1) is 14.4. The van der Waals surface area contributed by atoms with Crippen LogP contribution in [-0.2, 0) is 6.42 Å². The van der Waals surface area contributed by atoms with Gasteiger partial charge >= 0.3 is 0 Å². The van der Waals surface area contributed by atoms with E-state index in [1.54, 1.807) is 0 Å². The Morgan fingerprint density at radius 1 is 1.42 bits per heavy atom. The molecule has 0 radical (unpaired) electrons. The first-order valence-corrected chi connectivity index (χ1v) is 7.46. The molecule has 1 aromatic rings. The first-order valence-electron chi connectivity index (χ1n) is 7.46. The van der Waals surface area contributed by atoms with Gasteiger partial charge in [0.15, 0.2) is 0 Å². The van der Waals surface area contributed by atoms with Crippen LogP contribution in [0.25, 0.3) is 0 Å². The van der Waals surface area contributed by atoms with Gasteiger partial charge in [-0.15, -0.1) is 0 Å². The summed E-state index contributed by atoms with van der Waals surface area (Å²) in [6.07, 6.45) is 3.68. The van der Waals surface area contributed by atoms with Crippen LogP contribution in [0.5, 0.6) is 5.75 Å². The maximum absolute atomic E-state index is 5.57. The second-order valence-electron chi connectivity index (χ2n) is 5.28. The van der Waals surface area contributed by atoms with Crippen LogP contribution in [0, 0.1) is 6.92 Å². The van der Waals surface area contributed by atoms with Gasteiger partial charge in [-0.25, -0.2) is 0 Å². The molecular weight excluding hydrogens is 236 g/mol. The van der Waals surface area contributed by atoms with Crippen molar-refractivity contribution in [2.45, 2.75) is 39.2 Å². The van der Waals surface area contributed by atoms with E-state index in [0.717, 1.165) is 31.9 Å². The van der Waals surface area contributed by atoms with Gasteiger partial charge in [0.1, 0.15) is 5.75 Å². The van der Waals surface area contributed by atoms with Crippen molar-refractivity contribution in [1.82, 2.24) is 10.6 Å². The molecule has 0 aliphatic carbocycles. The molecule has 1 heterocycles. The molecule has 0 bridgehead atoms. The van der Waals surface area contributed by atoms with Crippen molar-refractivity contribution in [2.24, 2.45) is 0 Å². The van der Waals surface area contributed by atoms with Crippen molar-refractivity contribution in [1.29, 1.82) is 0 Å². The lowest BCUT2D eigenvalue weighted by atomic mass is 10.1. The first-order chi connectivity index (χ1) is 9.29. The maximum atomic E-state index is 5.57. The Kier molecular flexibility index (Phi) is 5.67. The molecule has 1 saturated heterocycles. The predicted molar refractivity (Wildman–Crippen MR) is 79.9 cm³/mol. The van der Waals surface area contributed by atoms with E-state index in [1.807, 2.05) is 6.92 Å². The molecule has 0 aromatic heterocycles. The summed E-state index contributed by atoms with van der Waals surface area (Å²) in [5.41, 5.74) is 2.62. The van der Waals surface area contributed by atoms with Gasteiger partial charge < -0.3 is 15.4 Å². The molecule has 106 valence electrons.